The number of carbonyl (C=O) groups is 1. The standard InChI is InChI=1S/C26H35N3O4S/c1-34(32,33)25(12-7-15-27-26(31)21-10-5-6-11-24(21)30)29-16-13-20(14-17-29)28-23-18-22(23)19-8-3-2-4-9-19/h2-6,8-11,20,22-23,25,28,30H,7,12-18H2,1H3,(H,27,31)/t22-,23+,25?/m0/s1. The summed E-state index contributed by atoms with van der Waals surface area (Å²) in [5.74, 6) is 0.178. The van der Waals surface area contributed by atoms with E-state index < -0.39 is 15.2 Å². The number of hydrogen-bond donors (Lipinski definition) is 3. The maximum atomic E-state index is 12.5. The largest absolute Gasteiger partial charge is 0.507 e. The molecule has 2 aromatic rings. The first-order valence-corrected chi connectivity index (χ1v) is 14.1. The molecule has 7 nitrogen and oxygen atoms in total. The third kappa shape index (κ3) is 6.37. The van der Waals surface area contributed by atoms with E-state index in [9.17, 15) is 18.3 Å². The lowest BCUT2D eigenvalue weighted by molar-refractivity contribution is 0.0949. The molecule has 8 heteroatoms. The topological polar surface area (TPSA) is 98.7 Å². The fourth-order valence-electron chi connectivity index (χ4n) is 5.01. The van der Waals surface area contributed by atoms with Crippen LogP contribution >= 0.6 is 0 Å². The zero-order chi connectivity index (χ0) is 24.1. The molecule has 1 aliphatic carbocycles. The number of benzene rings is 2. The molecular formula is C26H35N3O4S. The quantitative estimate of drug-likeness (QED) is 0.448. The number of piperidine rings is 1. The summed E-state index contributed by atoms with van der Waals surface area (Å²) < 4.78 is 25.0. The molecule has 0 aromatic heterocycles. The molecule has 0 radical (unpaired) electrons. The van der Waals surface area contributed by atoms with E-state index in [1.165, 1.54) is 24.3 Å². The fourth-order valence-corrected chi connectivity index (χ4v) is 6.36. The first-order valence-electron chi connectivity index (χ1n) is 12.1. The average Bonchev–Trinajstić information content (AvgIpc) is 3.59. The van der Waals surface area contributed by atoms with Crippen molar-refractivity contribution in [3.8, 4) is 5.75 Å². The van der Waals surface area contributed by atoms with E-state index in [0.717, 1.165) is 25.9 Å². The van der Waals surface area contributed by atoms with Gasteiger partial charge in [0.15, 0.2) is 9.84 Å². The first-order chi connectivity index (χ1) is 16.3. The molecule has 1 heterocycles. The molecule has 184 valence electrons. The molecule has 1 saturated heterocycles. The number of amides is 1. The molecular weight excluding hydrogens is 450 g/mol. The summed E-state index contributed by atoms with van der Waals surface area (Å²) in [6.07, 6.45) is 5.37. The minimum Gasteiger partial charge on any atom is -0.507 e. The number of nitrogens with zero attached hydrogens (tertiary/aromatic N) is 1. The van der Waals surface area contributed by atoms with Gasteiger partial charge in [0.05, 0.1) is 5.56 Å². The molecule has 0 bridgehead atoms. The Morgan fingerprint density at radius 3 is 2.44 bits per heavy atom. The smallest absolute Gasteiger partial charge is 0.255 e. The number of phenols is 1. The van der Waals surface area contributed by atoms with Crippen molar-refractivity contribution in [2.75, 3.05) is 25.9 Å². The highest BCUT2D eigenvalue weighted by Crippen LogP contribution is 2.41. The van der Waals surface area contributed by atoms with E-state index in [1.54, 1.807) is 18.2 Å². The summed E-state index contributed by atoms with van der Waals surface area (Å²) in [6.45, 7) is 1.87. The molecule has 3 atom stereocenters. The third-order valence-electron chi connectivity index (χ3n) is 6.96. The van der Waals surface area contributed by atoms with Crippen LogP contribution in [0.4, 0.5) is 0 Å². The Labute approximate surface area is 202 Å². The zero-order valence-electron chi connectivity index (χ0n) is 19.7. The second-order valence-electron chi connectivity index (χ2n) is 9.54. The Hall–Kier alpha value is -2.42. The summed E-state index contributed by atoms with van der Waals surface area (Å²) in [5.41, 5.74) is 1.62. The number of rotatable bonds is 10. The van der Waals surface area contributed by atoms with E-state index in [-0.39, 0.29) is 17.2 Å². The second kappa shape index (κ2) is 10.9. The highest BCUT2D eigenvalue weighted by Gasteiger charge is 2.40. The monoisotopic (exact) mass is 485 g/mol. The van der Waals surface area contributed by atoms with Gasteiger partial charge in [0, 0.05) is 43.9 Å². The van der Waals surface area contributed by atoms with E-state index in [1.807, 2.05) is 6.07 Å². The van der Waals surface area contributed by atoms with Gasteiger partial charge in [0.25, 0.3) is 5.91 Å². The number of carbonyl (C=O) groups excluding carboxylic acids is 1. The number of nitrogens with one attached hydrogen (secondary N) is 2. The van der Waals surface area contributed by atoms with Crippen molar-refractivity contribution in [1.82, 2.24) is 15.5 Å². The number of aromatic hydroxyl groups is 1. The van der Waals surface area contributed by atoms with Crippen molar-refractivity contribution in [3.63, 3.8) is 0 Å². The molecule has 34 heavy (non-hydrogen) atoms. The fraction of sp³-hybridized carbons (Fsp3) is 0.500. The van der Waals surface area contributed by atoms with Crippen molar-refractivity contribution in [1.29, 1.82) is 0 Å². The minimum absolute atomic E-state index is 0.0632. The maximum Gasteiger partial charge on any atom is 0.255 e. The third-order valence-corrected chi connectivity index (χ3v) is 8.48. The number of likely N-dealkylation sites (tertiary alicyclic amines) is 1. The zero-order valence-corrected chi connectivity index (χ0v) is 20.5. The summed E-state index contributed by atoms with van der Waals surface area (Å²) in [7, 11) is -3.24. The summed E-state index contributed by atoms with van der Waals surface area (Å²) in [5, 5.41) is 15.8. The van der Waals surface area contributed by atoms with Crippen LogP contribution in [-0.4, -0.2) is 67.7 Å². The molecule has 2 aromatic carbocycles. The molecule has 1 unspecified atom stereocenters. The highest BCUT2D eigenvalue weighted by molar-refractivity contribution is 7.91. The maximum absolute atomic E-state index is 12.5. The Morgan fingerprint density at radius 1 is 1.09 bits per heavy atom. The van der Waals surface area contributed by atoms with Gasteiger partial charge in [-0.25, -0.2) is 8.42 Å². The summed E-state index contributed by atoms with van der Waals surface area (Å²) in [4.78, 5) is 14.3. The van der Waals surface area contributed by atoms with Crippen LogP contribution in [-0.2, 0) is 9.84 Å². The van der Waals surface area contributed by atoms with Gasteiger partial charge in [0.2, 0.25) is 0 Å². The van der Waals surface area contributed by atoms with Crippen LogP contribution < -0.4 is 10.6 Å². The van der Waals surface area contributed by atoms with Gasteiger partial charge in [-0.15, -0.1) is 0 Å². The summed E-state index contributed by atoms with van der Waals surface area (Å²) >= 11 is 0. The predicted octanol–water partition coefficient (Wildman–Crippen LogP) is 2.88. The van der Waals surface area contributed by atoms with Crippen LogP contribution in [0, 0.1) is 0 Å². The number of phenolic OH excluding ortho intramolecular Hbond substituents is 1. The van der Waals surface area contributed by atoms with Crippen LogP contribution in [0.1, 0.15) is 53.9 Å². The number of para-hydroxylation sites is 1. The van der Waals surface area contributed by atoms with Crippen molar-refractivity contribution in [2.45, 2.75) is 55.5 Å². The normalized spacial score (nSPS) is 22.3. The lowest BCUT2D eigenvalue weighted by Gasteiger charge is -2.37. The number of hydrogen-bond acceptors (Lipinski definition) is 6. The van der Waals surface area contributed by atoms with Crippen molar-refractivity contribution < 1.29 is 18.3 Å². The van der Waals surface area contributed by atoms with Crippen LogP contribution in [0.5, 0.6) is 5.75 Å². The molecule has 1 saturated carbocycles. The van der Waals surface area contributed by atoms with Gasteiger partial charge in [0.1, 0.15) is 11.1 Å². The molecule has 2 aliphatic rings. The lowest BCUT2D eigenvalue weighted by Crippen LogP contribution is -2.49. The predicted molar refractivity (Wildman–Crippen MR) is 134 cm³/mol. The van der Waals surface area contributed by atoms with E-state index in [0.29, 0.717) is 37.4 Å². The number of sulfone groups is 1. The van der Waals surface area contributed by atoms with Gasteiger partial charge >= 0.3 is 0 Å². The van der Waals surface area contributed by atoms with E-state index in [2.05, 4.69) is 39.8 Å². The second-order valence-corrected chi connectivity index (χ2v) is 11.7. The Morgan fingerprint density at radius 2 is 1.76 bits per heavy atom. The average molecular weight is 486 g/mol. The van der Waals surface area contributed by atoms with Gasteiger partial charge in [-0.05, 0) is 49.8 Å². The van der Waals surface area contributed by atoms with Gasteiger partial charge in [-0.2, -0.15) is 0 Å². The van der Waals surface area contributed by atoms with E-state index in [4.69, 9.17) is 0 Å². The molecule has 2 fully saturated rings. The SMILES string of the molecule is CS(=O)(=O)C(CCCNC(=O)c1ccccc1O)N1CCC(N[C@@H]2C[C@H]2c2ccccc2)CC1. The molecule has 1 amide bonds. The summed E-state index contributed by atoms with van der Waals surface area (Å²) in [6, 6.07) is 17.9. The van der Waals surface area contributed by atoms with Gasteiger partial charge < -0.3 is 15.7 Å². The van der Waals surface area contributed by atoms with E-state index >= 15 is 0 Å². The van der Waals surface area contributed by atoms with Crippen molar-refractivity contribution in [2.24, 2.45) is 0 Å². The van der Waals surface area contributed by atoms with Crippen LogP contribution in [0.15, 0.2) is 54.6 Å². The Kier molecular flexibility index (Phi) is 7.91. The molecule has 1 aliphatic heterocycles. The highest BCUT2D eigenvalue weighted by atomic mass is 32.2. The molecule has 4 rings (SSSR count). The van der Waals surface area contributed by atoms with Crippen LogP contribution in [0.2, 0.25) is 0 Å². The minimum atomic E-state index is -3.24. The van der Waals surface area contributed by atoms with Crippen molar-refractivity contribution in [3.05, 3.63) is 65.7 Å². The molecule has 3 N–H and O–H groups in total. The lowest BCUT2D eigenvalue weighted by atomic mass is 10.0. The Balaban J connectivity index is 1.21. The van der Waals surface area contributed by atoms with Gasteiger partial charge in [-0.1, -0.05) is 42.5 Å². The van der Waals surface area contributed by atoms with Crippen LogP contribution in [0.25, 0.3) is 0 Å². The van der Waals surface area contributed by atoms with Crippen molar-refractivity contribution >= 4 is 15.7 Å². The molecule has 0 spiro atoms. The Bertz CT molecular complexity index is 1070. The van der Waals surface area contributed by atoms with Crippen LogP contribution in [0.3, 0.4) is 0 Å². The van der Waals surface area contributed by atoms with Gasteiger partial charge in [-0.3, -0.25) is 9.69 Å². The first kappa shape index (κ1) is 24.7.